The smallest absolute Gasteiger partial charge is 0.345 e. The third kappa shape index (κ3) is 4.66. The number of piperidine rings is 1. The second-order valence-electron chi connectivity index (χ2n) is 7.64. The fourth-order valence-corrected chi connectivity index (χ4v) is 4.31. The van der Waals surface area contributed by atoms with Gasteiger partial charge in [0.05, 0.1) is 13.2 Å². The van der Waals surface area contributed by atoms with Gasteiger partial charge in [0.15, 0.2) is 5.78 Å². The first-order valence-corrected chi connectivity index (χ1v) is 10.0. The van der Waals surface area contributed by atoms with Crippen LogP contribution in [0.5, 0.6) is 0 Å². The van der Waals surface area contributed by atoms with Gasteiger partial charge in [-0.25, -0.2) is 9.48 Å². The normalized spacial score (nSPS) is 19.5. The van der Waals surface area contributed by atoms with Crippen molar-refractivity contribution in [3.63, 3.8) is 0 Å². The number of ketones is 1. The van der Waals surface area contributed by atoms with E-state index in [1.165, 1.54) is 17.5 Å². The largest absolute Gasteiger partial charge is 0.466 e. The van der Waals surface area contributed by atoms with E-state index in [1.807, 2.05) is 4.57 Å². The van der Waals surface area contributed by atoms with Gasteiger partial charge in [0.25, 0.3) is 0 Å². The number of aryl methyl sites for hydroxylation is 1. The van der Waals surface area contributed by atoms with Gasteiger partial charge in [0, 0.05) is 19.0 Å². The summed E-state index contributed by atoms with van der Waals surface area (Å²) < 4.78 is 8.22. The third-order valence-electron chi connectivity index (χ3n) is 5.67. The van der Waals surface area contributed by atoms with E-state index in [2.05, 4.69) is 10.00 Å². The minimum atomic E-state index is -0.452. The van der Waals surface area contributed by atoms with E-state index >= 15 is 0 Å². The quantitative estimate of drug-likeness (QED) is 0.527. The van der Waals surface area contributed by atoms with Crippen LogP contribution in [0.4, 0.5) is 0 Å². The molecule has 2 fully saturated rings. The van der Waals surface area contributed by atoms with Gasteiger partial charge in [-0.05, 0) is 45.7 Å². The summed E-state index contributed by atoms with van der Waals surface area (Å²) in [6.07, 6.45) is 6.04. The second kappa shape index (κ2) is 8.82. The number of rotatable bonds is 7. The topological polar surface area (TPSA) is 86.4 Å². The Labute approximate surface area is 159 Å². The summed E-state index contributed by atoms with van der Waals surface area (Å²) in [5.41, 5.74) is -0.0102. The van der Waals surface area contributed by atoms with Gasteiger partial charge in [0.1, 0.15) is 12.2 Å². The average Bonchev–Trinajstić information content (AvgIpc) is 3.24. The zero-order valence-electron chi connectivity index (χ0n) is 16.4. The van der Waals surface area contributed by atoms with Crippen LogP contribution >= 0.6 is 0 Å². The standard InChI is InChI=1S/C19H30N4O4/c1-3-27-17(25)12-16(24)13-22-10-8-14(9-11-22)18-20-21(2)19(26)23(18)15-6-4-5-7-15/h14-15H,3-13H2,1-2H3. The van der Waals surface area contributed by atoms with Crippen LogP contribution in [0.1, 0.15) is 69.7 Å². The molecule has 0 radical (unpaired) electrons. The zero-order valence-corrected chi connectivity index (χ0v) is 16.4. The molecule has 0 unspecified atom stereocenters. The summed E-state index contributed by atoms with van der Waals surface area (Å²) in [6.45, 7) is 3.85. The van der Waals surface area contributed by atoms with Gasteiger partial charge < -0.3 is 4.74 Å². The zero-order chi connectivity index (χ0) is 19.4. The van der Waals surface area contributed by atoms with Crippen molar-refractivity contribution in [2.24, 2.45) is 7.05 Å². The van der Waals surface area contributed by atoms with E-state index in [0.717, 1.165) is 44.6 Å². The molecule has 0 N–H and O–H groups in total. The molecule has 1 aliphatic carbocycles. The van der Waals surface area contributed by atoms with Crippen molar-refractivity contribution < 1.29 is 14.3 Å². The minimum absolute atomic E-state index is 0.0102. The molecule has 0 amide bonds. The van der Waals surface area contributed by atoms with Gasteiger partial charge in [0.2, 0.25) is 0 Å². The van der Waals surface area contributed by atoms with Crippen molar-refractivity contribution >= 4 is 11.8 Å². The number of esters is 1. The van der Waals surface area contributed by atoms with Gasteiger partial charge >= 0.3 is 11.7 Å². The maximum Gasteiger partial charge on any atom is 0.345 e. The van der Waals surface area contributed by atoms with Crippen LogP contribution in [-0.4, -0.2) is 57.2 Å². The van der Waals surface area contributed by atoms with Crippen LogP contribution < -0.4 is 5.69 Å². The van der Waals surface area contributed by atoms with Gasteiger partial charge in [-0.3, -0.25) is 19.1 Å². The molecule has 0 aromatic carbocycles. The highest BCUT2D eigenvalue weighted by Gasteiger charge is 2.30. The van der Waals surface area contributed by atoms with Crippen LogP contribution in [0.25, 0.3) is 0 Å². The molecule has 0 spiro atoms. The Morgan fingerprint density at radius 1 is 1.15 bits per heavy atom. The first-order valence-electron chi connectivity index (χ1n) is 10.0. The summed E-state index contributed by atoms with van der Waals surface area (Å²) in [5, 5.41) is 4.54. The Bertz CT molecular complexity index is 725. The second-order valence-corrected chi connectivity index (χ2v) is 7.64. The van der Waals surface area contributed by atoms with Crippen LogP contribution in [0, 0.1) is 0 Å². The molecule has 2 aliphatic rings. The minimum Gasteiger partial charge on any atom is -0.466 e. The molecular formula is C19H30N4O4. The Morgan fingerprint density at radius 2 is 1.81 bits per heavy atom. The van der Waals surface area contributed by atoms with Crippen molar-refractivity contribution in [1.29, 1.82) is 0 Å². The predicted molar refractivity (Wildman–Crippen MR) is 99.6 cm³/mol. The third-order valence-corrected chi connectivity index (χ3v) is 5.67. The maximum atomic E-state index is 12.5. The molecule has 0 bridgehead atoms. The van der Waals surface area contributed by atoms with E-state index in [-0.39, 0.29) is 36.4 Å². The lowest BCUT2D eigenvalue weighted by molar-refractivity contribution is -0.145. The Morgan fingerprint density at radius 3 is 2.44 bits per heavy atom. The molecule has 0 atom stereocenters. The number of carbonyl (C=O) groups is 2. The highest BCUT2D eigenvalue weighted by molar-refractivity contribution is 5.96. The molecule has 1 saturated heterocycles. The highest BCUT2D eigenvalue weighted by Crippen LogP contribution is 2.33. The lowest BCUT2D eigenvalue weighted by Gasteiger charge is -2.31. The van der Waals surface area contributed by atoms with Crippen LogP contribution in [0.15, 0.2) is 4.79 Å². The lowest BCUT2D eigenvalue weighted by Crippen LogP contribution is -2.38. The van der Waals surface area contributed by atoms with Crippen molar-refractivity contribution in [3.05, 3.63) is 16.3 Å². The number of aromatic nitrogens is 3. The molecule has 2 heterocycles. The molecule has 1 saturated carbocycles. The highest BCUT2D eigenvalue weighted by atomic mass is 16.5. The molecular weight excluding hydrogens is 348 g/mol. The lowest BCUT2D eigenvalue weighted by atomic mass is 9.95. The SMILES string of the molecule is CCOC(=O)CC(=O)CN1CCC(c2nn(C)c(=O)n2C2CCCC2)CC1. The Hall–Kier alpha value is -1.96. The van der Waals surface area contributed by atoms with Gasteiger partial charge in [-0.15, -0.1) is 0 Å². The van der Waals surface area contributed by atoms with Crippen LogP contribution in [-0.2, 0) is 21.4 Å². The fraction of sp³-hybridized carbons (Fsp3) is 0.789. The van der Waals surface area contributed by atoms with Crippen molar-refractivity contribution in [2.75, 3.05) is 26.2 Å². The number of ether oxygens (including phenoxy) is 1. The summed E-state index contributed by atoms with van der Waals surface area (Å²) in [5.74, 6) is 0.599. The Kier molecular flexibility index (Phi) is 6.46. The predicted octanol–water partition coefficient (Wildman–Crippen LogP) is 1.40. The van der Waals surface area contributed by atoms with Gasteiger partial charge in [-0.1, -0.05) is 12.8 Å². The van der Waals surface area contributed by atoms with E-state index in [9.17, 15) is 14.4 Å². The molecule has 1 aliphatic heterocycles. The molecule has 3 rings (SSSR count). The van der Waals surface area contributed by atoms with Crippen molar-refractivity contribution in [3.8, 4) is 0 Å². The number of nitrogens with zero attached hydrogens (tertiary/aromatic N) is 4. The van der Waals surface area contributed by atoms with E-state index in [0.29, 0.717) is 6.61 Å². The Balaban J connectivity index is 1.58. The van der Waals surface area contributed by atoms with Crippen molar-refractivity contribution in [2.45, 2.75) is 63.8 Å². The van der Waals surface area contributed by atoms with E-state index in [4.69, 9.17) is 4.74 Å². The molecule has 1 aromatic rings. The number of hydrogen-bond donors (Lipinski definition) is 0. The van der Waals surface area contributed by atoms with Crippen LogP contribution in [0.2, 0.25) is 0 Å². The van der Waals surface area contributed by atoms with Crippen molar-refractivity contribution in [1.82, 2.24) is 19.2 Å². The van der Waals surface area contributed by atoms with E-state index < -0.39 is 5.97 Å². The molecule has 150 valence electrons. The summed E-state index contributed by atoms with van der Waals surface area (Å²) in [7, 11) is 1.72. The maximum absolute atomic E-state index is 12.5. The molecule has 8 heteroatoms. The van der Waals surface area contributed by atoms with Crippen LogP contribution in [0.3, 0.4) is 0 Å². The number of likely N-dealkylation sites (tertiary alicyclic amines) is 1. The molecule has 1 aromatic heterocycles. The first kappa shape index (κ1) is 19.8. The molecule has 8 nitrogen and oxygen atoms in total. The average molecular weight is 378 g/mol. The fourth-order valence-electron chi connectivity index (χ4n) is 4.31. The van der Waals surface area contributed by atoms with Gasteiger partial charge in [-0.2, -0.15) is 5.10 Å². The number of carbonyl (C=O) groups excluding carboxylic acids is 2. The first-order chi connectivity index (χ1) is 13.0. The number of hydrogen-bond acceptors (Lipinski definition) is 6. The summed E-state index contributed by atoms with van der Waals surface area (Å²) in [6, 6.07) is 0.283. The summed E-state index contributed by atoms with van der Waals surface area (Å²) >= 11 is 0. The molecule has 27 heavy (non-hydrogen) atoms. The number of Topliss-reactive ketones (excluding diaryl/α,β-unsaturated/α-hetero) is 1. The van der Waals surface area contributed by atoms with E-state index in [1.54, 1.807) is 14.0 Å². The summed E-state index contributed by atoms with van der Waals surface area (Å²) in [4.78, 5) is 38.1. The monoisotopic (exact) mass is 378 g/mol.